The highest BCUT2D eigenvalue weighted by Crippen LogP contribution is 2.36. The van der Waals surface area contributed by atoms with Gasteiger partial charge < -0.3 is 4.42 Å². The summed E-state index contributed by atoms with van der Waals surface area (Å²) >= 11 is 0. The van der Waals surface area contributed by atoms with Crippen molar-refractivity contribution < 1.29 is 12.8 Å². The minimum absolute atomic E-state index is 0.171. The second-order valence-electron chi connectivity index (χ2n) is 7.05. The Balaban J connectivity index is 1.62. The van der Waals surface area contributed by atoms with Crippen molar-refractivity contribution in [2.75, 3.05) is 0 Å². The van der Waals surface area contributed by atoms with Gasteiger partial charge in [-0.15, -0.1) is 0 Å². The van der Waals surface area contributed by atoms with E-state index in [-0.39, 0.29) is 4.90 Å². The first-order valence-electron chi connectivity index (χ1n) is 9.48. The Hall–Kier alpha value is -3.52. The molecule has 7 nitrogen and oxygen atoms in total. The molecule has 0 N–H and O–H groups in total. The minimum atomic E-state index is -3.89. The fourth-order valence-corrected chi connectivity index (χ4v) is 4.94. The van der Waals surface area contributed by atoms with Crippen LogP contribution in [0.15, 0.2) is 87.3 Å². The molecule has 0 fully saturated rings. The van der Waals surface area contributed by atoms with Gasteiger partial charge in [0.2, 0.25) is 0 Å². The fourth-order valence-electron chi connectivity index (χ4n) is 3.50. The Morgan fingerprint density at radius 3 is 2.43 bits per heavy atom. The summed E-state index contributed by atoms with van der Waals surface area (Å²) in [4.78, 5) is 9.30. The van der Waals surface area contributed by atoms with Crippen molar-refractivity contribution in [1.82, 2.24) is 14.4 Å². The molecule has 0 saturated carbocycles. The Morgan fingerprint density at radius 1 is 0.967 bits per heavy atom. The van der Waals surface area contributed by atoms with Crippen LogP contribution in [0.1, 0.15) is 29.7 Å². The molecule has 1 aliphatic rings. The lowest BCUT2D eigenvalue weighted by molar-refractivity contribution is 0.365. The molecule has 2 aromatic heterocycles. The fraction of sp³-hybridized carbons (Fsp3) is 0.136. The molecule has 8 heteroatoms. The van der Waals surface area contributed by atoms with Crippen LogP contribution in [0.5, 0.6) is 0 Å². The number of sulfonamides is 1. The van der Waals surface area contributed by atoms with Gasteiger partial charge in [0, 0.05) is 6.42 Å². The van der Waals surface area contributed by atoms with E-state index in [0.717, 1.165) is 15.7 Å². The smallest absolute Gasteiger partial charge is 0.279 e. The van der Waals surface area contributed by atoms with E-state index in [1.165, 1.54) is 0 Å². The maximum absolute atomic E-state index is 13.4. The van der Waals surface area contributed by atoms with Gasteiger partial charge in [-0.3, -0.25) is 4.98 Å². The van der Waals surface area contributed by atoms with Gasteiger partial charge in [0.1, 0.15) is 23.3 Å². The molecule has 1 unspecified atom stereocenters. The number of para-hydroxylation sites is 2. The predicted molar refractivity (Wildman–Crippen MR) is 112 cm³/mol. The molecule has 5 rings (SSSR count). The summed E-state index contributed by atoms with van der Waals surface area (Å²) < 4.78 is 33.6. The SMILES string of the molecule is Cc1ccc(C2=NN(S(=O)(=O)c3ccccc3)C(c3cnc4ccccc4n3)C2)o1. The maximum Gasteiger partial charge on any atom is 0.279 e. The van der Waals surface area contributed by atoms with Gasteiger partial charge in [-0.2, -0.15) is 17.9 Å². The number of hydrazone groups is 1. The van der Waals surface area contributed by atoms with Gasteiger partial charge >= 0.3 is 0 Å². The lowest BCUT2D eigenvalue weighted by atomic mass is 10.1. The largest absolute Gasteiger partial charge is 0.460 e. The lowest BCUT2D eigenvalue weighted by Gasteiger charge is -2.22. The lowest BCUT2D eigenvalue weighted by Crippen LogP contribution is -2.28. The van der Waals surface area contributed by atoms with Gasteiger partial charge in [-0.1, -0.05) is 30.3 Å². The number of hydrogen-bond acceptors (Lipinski definition) is 6. The van der Waals surface area contributed by atoms with E-state index in [0.29, 0.717) is 29.1 Å². The molecule has 1 aliphatic heterocycles. The average Bonchev–Trinajstić information content (AvgIpc) is 3.41. The van der Waals surface area contributed by atoms with Gasteiger partial charge in [0.15, 0.2) is 0 Å². The van der Waals surface area contributed by atoms with Crippen LogP contribution < -0.4 is 0 Å². The number of nitrogens with zero attached hydrogens (tertiary/aromatic N) is 4. The normalized spacial score (nSPS) is 16.8. The molecule has 0 saturated heterocycles. The van der Waals surface area contributed by atoms with Crippen LogP contribution >= 0.6 is 0 Å². The summed E-state index contributed by atoms with van der Waals surface area (Å²) in [5.74, 6) is 1.29. The zero-order chi connectivity index (χ0) is 20.7. The van der Waals surface area contributed by atoms with E-state index in [4.69, 9.17) is 4.42 Å². The Bertz CT molecular complexity index is 1360. The average molecular weight is 418 g/mol. The summed E-state index contributed by atoms with van der Waals surface area (Å²) in [5.41, 5.74) is 2.55. The molecule has 0 bridgehead atoms. The summed E-state index contributed by atoms with van der Waals surface area (Å²) in [7, 11) is -3.89. The molecule has 0 radical (unpaired) electrons. The number of hydrogen-bond donors (Lipinski definition) is 0. The van der Waals surface area contributed by atoms with Gasteiger partial charge in [-0.25, -0.2) is 4.98 Å². The van der Waals surface area contributed by atoms with E-state index in [1.54, 1.807) is 42.6 Å². The number of benzene rings is 2. The summed E-state index contributed by atoms with van der Waals surface area (Å²) in [5, 5.41) is 4.46. The van der Waals surface area contributed by atoms with Crippen LogP contribution in [0.3, 0.4) is 0 Å². The first kappa shape index (κ1) is 18.5. The van der Waals surface area contributed by atoms with Gasteiger partial charge in [-0.05, 0) is 43.3 Å². The highest BCUT2D eigenvalue weighted by molar-refractivity contribution is 7.89. The van der Waals surface area contributed by atoms with Gasteiger partial charge in [0.05, 0.1) is 27.8 Å². The van der Waals surface area contributed by atoms with E-state index >= 15 is 0 Å². The van der Waals surface area contributed by atoms with E-state index in [1.807, 2.05) is 37.3 Å². The van der Waals surface area contributed by atoms with Crippen LogP contribution in [0.2, 0.25) is 0 Å². The first-order chi connectivity index (χ1) is 14.5. The number of fused-ring (bicyclic) bond motifs is 1. The van der Waals surface area contributed by atoms with Crippen molar-refractivity contribution in [3.8, 4) is 0 Å². The molecule has 2 aromatic carbocycles. The predicted octanol–water partition coefficient (Wildman–Crippen LogP) is 4.07. The molecule has 0 spiro atoms. The van der Waals surface area contributed by atoms with Crippen LogP contribution in [0, 0.1) is 6.92 Å². The monoisotopic (exact) mass is 418 g/mol. The molecule has 4 aromatic rings. The van der Waals surface area contributed by atoms with Crippen LogP contribution in [-0.4, -0.2) is 28.5 Å². The highest BCUT2D eigenvalue weighted by atomic mass is 32.2. The van der Waals surface area contributed by atoms with E-state index in [2.05, 4.69) is 15.1 Å². The number of aryl methyl sites for hydroxylation is 1. The second-order valence-corrected chi connectivity index (χ2v) is 8.85. The molecule has 0 amide bonds. The zero-order valence-electron chi connectivity index (χ0n) is 16.1. The van der Waals surface area contributed by atoms with Crippen molar-refractivity contribution in [2.45, 2.75) is 24.3 Å². The van der Waals surface area contributed by atoms with Crippen molar-refractivity contribution in [3.05, 3.63) is 90.1 Å². The van der Waals surface area contributed by atoms with Crippen LogP contribution in [0.4, 0.5) is 0 Å². The van der Waals surface area contributed by atoms with Crippen molar-refractivity contribution in [3.63, 3.8) is 0 Å². The van der Waals surface area contributed by atoms with Gasteiger partial charge in [0.25, 0.3) is 10.0 Å². The maximum atomic E-state index is 13.4. The third-order valence-corrected chi connectivity index (χ3v) is 6.69. The zero-order valence-corrected chi connectivity index (χ0v) is 17.0. The first-order valence-corrected chi connectivity index (χ1v) is 10.9. The topological polar surface area (TPSA) is 88.7 Å². The van der Waals surface area contributed by atoms with Crippen LogP contribution in [0.25, 0.3) is 11.0 Å². The number of aromatic nitrogens is 2. The third-order valence-electron chi connectivity index (χ3n) is 4.99. The molecular formula is C22H18N4O3S. The standard InChI is InChI=1S/C22H18N4O3S/c1-15-11-12-22(29-15)19-13-21(20-14-23-17-9-5-6-10-18(17)24-20)26(25-19)30(27,28)16-7-3-2-4-8-16/h2-12,14,21H,13H2,1H3. The minimum Gasteiger partial charge on any atom is -0.460 e. The Morgan fingerprint density at radius 2 is 1.70 bits per heavy atom. The Kier molecular flexibility index (Phi) is 4.36. The summed E-state index contributed by atoms with van der Waals surface area (Å²) in [6.45, 7) is 1.84. The second kappa shape index (κ2) is 7.07. The molecule has 30 heavy (non-hydrogen) atoms. The highest BCUT2D eigenvalue weighted by Gasteiger charge is 2.39. The number of rotatable bonds is 4. The number of furan rings is 1. The van der Waals surface area contributed by atoms with E-state index < -0.39 is 16.1 Å². The van der Waals surface area contributed by atoms with Crippen molar-refractivity contribution >= 4 is 26.8 Å². The quantitative estimate of drug-likeness (QED) is 0.498. The molecule has 0 aliphatic carbocycles. The Labute approximate surface area is 173 Å². The molecule has 150 valence electrons. The van der Waals surface area contributed by atoms with Crippen molar-refractivity contribution in [1.29, 1.82) is 0 Å². The third kappa shape index (κ3) is 3.15. The summed E-state index contributed by atoms with van der Waals surface area (Å²) in [6, 6.07) is 18.8. The molecule has 3 heterocycles. The molecule has 1 atom stereocenters. The van der Waals surface area contributed by atoms with Crippen LogP contribution in [-0.2, 0) is 10.0 Å². The molecular weight excluding hydrogens is 400 g/mol. The van der Waals surface area contributed by atoms with Crippen molar-refractivity contribution in [2.24, 2.45) is 5.10 Å². The summed E-state index contributed by atoms with van der Waals surface area (Å²) in [6.07, 6.45) is 1.96. The van der Waals surface area contributed by atoms with E-state index in [9.17, 15) is 8.42 Å².